The van der Waals surface area contributed by atoms with Crippen LogP contribution in [0.1, 0.15) is 35.6 Å². The van der Waals surface area contributed by atoms with Gasteiger partial charge in [0.1, 0.15) is 0 Å². The molecule has 2 heteroatoms. The molecule has 0 bridgehead atoms. The van der Waals surface area contributed by atoms with Crippen LogP contribution in [0.15, 0.2) is 18.2 Å². The average molecular weight is 218 g/mol. The van der Waals surface area contributed by atoms with Crippen molar-refractivity contribution >= 4 is 0 Å². The van der Waals surface area contributed by atoms with E-state index in [4.69, 9.17) is 5.73 Å². The summed E-state index contributed by atoms with van der Waals surface area (Å²) in [7, 11) is 2.01. The van der Waals surface area contributed by atoms with Gasteiger partial charge in [-0.3, -0.25) is 0 Å². The maximum absolute atomic E-state index is 6.40. The zero-order chi connectivity index (χ0) is 11.8. The number of rotatable bonds is 4. The first kappa shape index (κ1) is 11.6. The van der Waals surface area contributed by atoms with Crippen molar-refractivity contribution in [2.45, 2.75) is 32.7 Å². The van der Waals surface area contributed by atoms with Crippen LogP contribution in [0, 0.1) is 19.3 Å². The number of nitrogens with two attached hydrogens (primary N) is 1. The highest BCUT2D eigenvalue weighted by Gasteiger charge is 2.47. The summed E-state index contributed by atoms with van der Waals surface area (Å²) in [4.78, 5) is 0. The van der Waals surface area contributed by atoms with Crippen molar-refractivity contribution in [2.24, 2.45) is 11.1 Å². The molecule has 0 saturated heterocycles. The van der Waals surface area contributed by atoms with Crippen LogP contribution < -0.4 is 11.1 Å². The normalized spacial score (nSPS) is 19.5. The van der Waals surface area contributed by atoms with Gasteiger partial charge in [0.05, 0.1) is 0 Å². The average Bonchev–Trinajstić information content (AvgIpc) is 3.03. The van der Waals surface area contributed by atoms with E-state index in [1.165, 1.54) is 29.5 Å². The molecule has 1 atom stereocenters. The smallest absolute Gasteiger partial charge is 0.0364 e. The minimum Gasteiger partial charge on any atom is -0.323 e. The third-order valence-corrected chi connectivity index (χ3v) is 3.97. The lowest BCUT2D eigenvalue weighted by molar-refractivity contribution is 0.392. The quantitative estimate of drug-likeness (QED) is 0.814. The first-order valence-electron chi connectivity index (χ1n) is 6.06. The van der Waals surface area contributed by atoms with E-state index < -0.39 is 0 Å². The van der Waals surface area contributed by atoms with Crippen LogP contribution in [0.25, 0.3) is 0 Å². The zero-order valence-electron chi connectivity index (χ0n) is 10.5. The van der Waals surface area contributed by atoms with Crippen LogP contribution >= 0.6 is 0 Å². The SMILES string of the molecule is CNCC1(C(N)c2ccc(C)c(C)c2)CC1. The largest absolute Gasteiger partial charge is 0.323 e. The van der Waals surface area contributed by atoms with Crippen molar-refractivity contribution in [3.63, 3.8) is 0 Å². The van der Waals surface area contributed by atoms with Crippen molar-refractivity contribution in [1.82, 2.24) is 5.32 Å². The summed E-state index contributed by atoms with van der Waals surface area (Å²) < 4.78 is 0. The van der Waals surface area contributed by atoms with Gasteiger partial charge >= 0.3 is 0 Å². The third-order valence-electron chi connectivity index (χ3n) is 3.97. The molecule has 1 aromatic carbocycles. The van der Waals surface area contributed by atoms with Gasteiger partial charge in [0, 0.05) is 18.0 Å². The fourth-order valence-corrected chi connectivity index (χ4v) is 2.42. The van der Waals surface area contributed by atoms with Crippen molar-refractivity contribution in [3.05, 3.63) is 34.9 Å². The van der Waals surface area contributed by atoms with Gasteiger partial charge in [0.25, 0.3) is 0 Å². The maximum Gasteiger partial charge on any atom is 0.0364 e. The lowest BCUT2D eigenvalue weighted by Gasteiger charge is -2.24. The van der Waals surface area contributed by atoms with Gasteiger partial charge in [-0.05, 0) is 50.4 Å². The Morgan fingerprint density at radius 1 is 1.31 bits per heavy atom. The Kier molecular flexibility index (Phi) is 3.04. The van der Waals surface area contributed by atoms with Crippen molar-refractivity contribution in [2.75, 3.05) is 13.6 Å². The van der Waals surface area contributed by atoms with E-state index in [9.17, 15) is 0 Å². The van der Waals surface area contributed by atoms with Crippen molar-refractivity contribution in [1.29, 1.82) is 0 Å². The van der Waals surface area contributed by atoms with Gasteiger partial charge < -0.3 is 11.1 Å². The van der Waals surface area contributed by atoms with Gasteiger partial charge in [0.15, 0.2) is 0 Å². The summed E-state index contributed by atoms with van der Waals surface area (Å²) in [6, 6.07) is 6.79. The van der Waals surface area contributed by atoms with Crippen molar-refractivity contribution < 1.29 is 0 Å². The molecular formula is C14H22N2. The van der Waals surface area contributed by atoms with E-state index in [0.29, 0.717) is 5.41 Å². The summed E-state index contributed by atoms with van der Waals surface area (Å²) in [5, 5.41) is 3.27. The molecule has 1 aliphatic rings. The minimum atomic E-state index is 0.180. The molecule has 88 valence electrons. The third kappa shape index (κ3) is 2.00. The summed E-state index contributed by atoms with van der Waals surface area (Å²) >= 11 is 0. The first-order valence-corrected chi connectivity index (χ1v) is 6.06. The molecule has 0 aromatic heterocycles. The molecular weight excluding hydrogens is 196 g/mol. The fourth-order valence-electron chi connectivity index (χ4n) is 2.42. The molecule has 0 aliphatic heterocycles. The van der Waals surface area contributed by atoms with E-state index in [1.807, 2.05) is 7.05 Å². The molecule has 3 N–H and O–H groups in total. The van der Waals surface area contributed by atoms with Crippen molar-refractivity contribution in [3.8, 4) is 0 Å². The molecule has 1 fully saturated rings. The van der Waals surface area contributed by atoms with Crippen LogP contribution in [-0.4, -0.2) is 13.6 Å². The molecule has 0 spiro atoms. The van der Waals surface area contributed by atoms with E-state index in [0.717, 1.165) is 6.54 Å². The highest BCUT2D eigenvalue weighted by Crippen LogP contribution is 2.53. The Hall–Kier alpha value is -0.860. The summed E-state index contributed by atoms with van der Waals surface area (Å²) in [5.74, 6) is 0. The van der Waals surface area contributed by atoms with E-state index in [1.54, 1.807) is 0 Å². The van der Waals surface area contributed by atoms with Gasteiger partial charge in [-0.25, -0.2) is 0 Å². The summed E-state index contributed by atoms with van der Waals surface area (Å²) in [6.45, 7) is 5.33. The Morgan fingerprint density at radius 2 is 2.00 bits per heavy atom. The highest BCUT2D eigenvalue weighted by atomic mass is 14.9. The van der Waals surface area contributed by atoms with Crippen LogP contribution in [0.2, 0.25) is 0 Å². The van der Waals surface area contributed by atoms with Gasteiger partial charge in [-0.2, -0.15) is 0 Å². The number of nitrogens with one attached hydrogen (secondary N) is 1. The monoisotopic (exact) mass is 218 g/mol. The molecule has 2 rings (SSSR count). The van der Waals surface area contributed by atoms with Crippen LogP contribution in [0.3, 0.4) is 0 Å². The fraction of sp³-hybridized carbons (Fsp3) is 0.571. The number of hydrogen-bond acceptors (Lipinski definition) is 2. The molecule has 1 aliphatic carbocycles. The molecule has 1 saturated carbocycles. The van der Waals surface area contributed by atoms with Crippen LogP contribution in [-0.2, 0) is 0 Å². The van der Waals surface area contributed by atoms with E-state index >= 15 is 0 Å². The minimum absolute atomic E-state index is 0.180. The molecule has 2 nitrogen and oxygen atoms in total. The molecule has 0 amide bonds. The topological polar surface area (TPSA) is 38.0 Å². The molecule has 1 aromatic rings. The Morgan fingerprint density at radius 3 is 2.50 bits per heavy atom. The van der Waals surface area contributed by atoms with Gasteiger partial charge in [-0.15, -0.1) is 0 Å². The standard InChI is InChI=1S/C14H22N2/c1-10-4-5-12(8-11(10)2)13(15)14(6-7-14)9-16-3/h4-5,8,13,16H,6-7,9,15H2,1-3H3. The summed E-state index contributed by atoms with van der Waals surface area (Å²) in [6.07, 6.45) is 2.50. The molecule has 16 heavy (non-hydrogen) atoms. The highest BCUT2D eigenvalue weighted by molar-refractivity contribution is 5.33. The zero-order valence-corrected chi connectivity index (χ0v) is 10.5. The van der Waals surface area contributed by atoms with Crippen LogP contribution in [0.4, 0.5) is 0 Å². The van der Waals surface area contributed by atoms with Gasteiger partial charge in [0.2, 0.25) is 0 Å². The summed E-state index contributed by atoms with van der Waals surface area (Å²) in [5.41, 5.74) is 10.7. The van der Waals surface area contributed by atoms with Crippen LogP contribution in [0.5, 0.6) is 0 Å². The molecule has 0 heterocycles. The number of aryl methyl sites for hydroxylation is 2. The lowest BCUT2D eigenvalue weighted by atomic mass is 9.89. The number of hydrogen-bond donors (Lipinski definition) is 2. The Labute approximate surface area is 98.2 Å². The van der Waals surface area contributed by atoms with E-state index in [2.05, 4.69) is 37.4 Å². The second kappa shape index (κ2) is 4.19. The second-order valence-corrected chi connectivity index (χ2v) is 5.21. The van der Waals surface area contributed by atoms with Gasteiger partial charge in [-0.1, -0.05) is 18.2 Å². The lowest BCUT2D eigenvalue weighted by Crippen LogP contribution is -2.31. The number of benzene rings is 1. The molecule has 1 unspecified atom stereocenters. The first-order chi connectivity index (χ1) is 7.59. The van der Waals surface area contributed by atoms with E-state index in [-0.39, 0.29) is 6.04 Å². The maximum atomic E-state index is 6.40. The predicted molar refractivity (Wildman–Crippen MR) is 68.4 cm³/mol. The predicted octanol–water partition coefficient (Wildman–Crippen LogP) is 2.30. The Balaban J connectivity index is 2.20. The Bertz CT molecular complexity index is 380. The second-order valence-electron chi connectivity index (χ2n) is 5.21. The molecule has 0 radical (unpaired) electrons.